The molecule has 0 saturated carbocycles. The third-order valence-corrected chi connectivity index (χ3v) is 4.59. The zero-order valence-corrected chi connectivity index (χ0v) is 17.5. The number of nitro benzene ring substituents is 1. The summed E-state index contributed by atoms with van der Waals surface area (Å²) in [7, 11) is 0. The molecule has 0 atom stereocenters. The number of alkyl halides is 3. The van der Waals surface area contributed by atoms with Crippen LogP contribution in [-0.4, -0.2) is 23.7 Å². The number of hydrogen-bond acceptors (Lipinski definition) is 6. The van der Waals surface area contributed by atoms with Gasteiger partial charge in [0, 0.05) is 17.7 Å². The Morgan fingerprint density at radius 1 is 1.22 bits per heavy atom. The Morgan fingerprint density at radius 2 is 2.00 bits per heavy atom. The highest BCUT2D eigenvalue weighted by Crippen LogP contribution is 2.32. The van der Waals surface area contributed by atoms with Crippen molar-refractivity contribution in [3.05, 3.63) is 80.5 Å². The lowest BCUT2D eigenvalue weighted by Gasteiger charge is -2.07. The highest BCUT2D eigenvalue weighted by atomic mass is 79.9. The smallest absolute Gasteiger partial charge is 0.416 e. The first-order chi connectivity index (χ1) is 15.1. The maximum atomic E-state index is 12.8. The second kappa shape index (κ2) is 9.64. The van der Waals surface area contributed by atoms with Crippen LogP contribution in [0.3, 0.4) is 0 Å². The van der Waals surface area contributed by atoms with Crippen molar-refractivity contribution in [3.63, 3.8) is 0 Å². The standard InChI is InChI=1S/C20H13BrF3N3O5/c21-16-9-14(27(29)30)4-6-18(16)31-11-19(28)26-25-10-15-5-7-17(32-15)12-2-1-3-13(8-12)20(22,23)24/h1-10H,11H2,(H,26,28). The zero-order valence-electron chi connectivity index (χ0n) is 15.9. The van der Waals surface area contributed by atoms with Gasteiger partial charge in [-0.05, 0) is 46.3 Å². The predicted molar refractivity (Wildman–Crippen MR) is 111 cm³/mol. The first-order valence-electron chi connectivity index (χ1n) is 8.79. The van der Waals surface area contributed by atoms with Crippen LogP contribution >= 0.6 is 15.9 Å². The molecule has 0 radical (unpaired) electrons. The number of hydrazone groups is 1. The molecule has 166 valence electrons. The van der Waals surface area contributed by atoms with Gasteiger partial charge in [0.25, 0.3) is 11.6 Å². The van der Waals surface area contributed by atoms with Crippen LogP contribution in [0.25, 0.3) is 11.3 Å². The molecule has 0 saturated heterocycles. The molecule has 1 N–H and O–H groups in total. The summed E-state index contributed by atoms with van der Waals surface area (Å²) in [4.78, 5) is 22.0. The fourth-order valence-electron chi connectivity index (χ4n) is 2.49. The van der Waals surface area contributed by atoms with E-state index in [4.69, 9.17) is 9.15 Å². The van der Waals surface area contributed by atoms with E-state index in [-0.39, 0.29) is 28.5 Å². The molecule has 1 aromatic heterocycles. The summed E-state index contributed by atoms with van der Waals surface area (Å²) in [5.74, 6) is 0.0228. The van der Waals surface area contributed by atoms with Crippen molar-refractivity contribution in [2.24, 2.45) is 5.10 Å². The van der Waals surface area contributed by atoms with Gasteiger partial charge in [-0.25, -0.2) is 5.43 Å². The number of ether oxygens (including phenoxy) is 1. The molecule has 0 bridgehead atoms. The molecule has 0 aliphatic heterocycles. The van der Waals surface area contributed by atoms with E-state index in [1.807, 2.05) is 0 Å². The quantitative estimate of drug-likeness (QED) is 0.267. The first kappa shape index (κ1) is 23.0. The van der Waals surface area contributed by atoms with E-state index in [9.17, 15) is 28.1 Å². The normalized spacial score (nSPS) is 11.5. The van der Waals surface area contributed by atoms with Gasteiger partial charge in [0.2, 0.25) is 0 Å². The molecule has 2 aromatic carbocycles. The van der Waals surface area contributed by atoms with Crippen LogP contribution in [0.1, 0.15) is 11.3 Å². The van der Waals surface area contributed by atoms with Gasteiger partial charge in [0.1, 0.15) is 17.3 Å². The Kier molecular flexibility index (Phi) is 6.93. The van der Waals surface area contributed by atoms with Crippen LogP contribution in [-0.2, 0) is 11.0 Å². The number of nitro groups is 1. The monoisotopic (exact) mass is 511 g/mol. The van der Waals surface area contributed by atoms with Crippen LogP contribution in [0.15, 0.2) is 68.6 Å². The zero-order chi connectivity index (χ0) is 23.3. The highest BCUT2D eigenvalue weighted by molar-refractivity contribution is 9.10. The third kappa shape index (κ3) is 5.94. The minimum Gasteiger partial charge on any atom is -0.483 e. The van der Waals surface area contributed by atoms with Gasteiger partial charge in [-0.1, -0.05) is 12.1 Å². The Bertz CT molecular complexity index is 1180. The largest absolute Gasteiger partial charge is 0.483 e. The number of hydrogen-bond donors (Lipinski definition) is 1. The van der Waals surface area contributed by atoms with Crippen molar-refractivity contribution in [2.75, 3.05) is 6.61 Å². The third-order valence-electron chi connectivity index (χ3n) is 3.97. The van der Waals surface area contributed by atoms with E-state index in [1.165, 1.54) is 48.7 Å². The molecule has 8 nitrogen and oxygen atoms in total. The predicted octanol–water partition coefficient (Wildman–Crippen LogP) is 5.17. The Morgan fingerprint density at radius 3 is 2.69 bits per heavy atom. The fraction of sp³-hybridized carbons (Fsp3) is 0.100. The van der Waals surface area contributed by atoms with Crippen LogP contribution in [0.5, 0.6) is 5.75 Å². The molecule has 32 heavy (non-hydrogen) atoms. The average molecular weight is 512 g/mol. The van der Waals surface area contributed by atoms with Crippen LogP contribution in [0.2, 0.25) is 0 Å². The molecular weight excluding hydrogens is 499 g/mol. The van der Waals surface area contributed by atoms with Crippen molar-refractivity contribution in [2.45, 2.75) is 6.18 Å². The number of amides is 1. The lowest BCUT2D eigenvalue weighted by molar-refractivity contribution is -0.385. The minimum atomic E-state index is -4.47. The maximum absolute atomic E-state index is 12.8. The molecular formula is C20H13BrF3N3O5. The van der Waals surface area contributed by atoms with E-state index in [0.717, 1.165) is 12.1 Å². The van der Waals surface area contributed by atoms with Gasteiger partial charge in [0.15, 0.2) is 6.61 Å². The van der Waals surface area contributed by atoms with Gasteiger partial charge in [-0.3, -0.25) is 14.9 Å². The summed E-state index contributed by atoms with van der Waals surface area (Å²) in [5.41, 5.74) is 1.51. The van der Waals surface area contributed by atoms with Crippen molar-refractivity contribution < 1.29 is 32.0 Å². The van der Waals surface area contributed by atoms with E-state index in [0.29, 0.717) is 4.47 Å². The minimum absolute atomic E-state index is 0.138. The van der Waals surface area contributed by atoms with Crippen LogP contribution < -0.4 is 10.2 Å². The van der Waals surface area contributed by atoms with E-state index < -0.39 is 29.2 Å². The summed E-state index contributed by atoms with van der Waals surface area (Å²) in [6.07, 6.45) is -3.29. The van der Waals surface area contributed by atoms with Gasteiger partial charge >= 0.3 is 6.18 Å². The number of non-ortho nitro benzene ring substituents is 1. The molecule has 3 aromatic rings. The summed E-state index contributed by atoms with van der Waals surface area (Å²) >= 11 is 3.12. The van der Waals surface area contributed by atoms with Gasteiger partial charge < -0.3 is 9.15 Å². The van der Waals surface area contributed by atoms with Crippen molar-refractivity contribution in [1.82, 2.24) is 5.43 Å². The van der Waals surface area contributed by atoms with E-state index in [1.54, 1.807) is 0 Å². The van der Waals surface area contributed by atoms with Crippen molar-refractivity contribution >= 4 is 33.7 Å². The number of benzene rings is 2. The molecule has 0 unspecified atom stereocenters. The number of rotatable bonds is 7. The van der Waals surface area contributed by atoms with Gasteiger partial charge in [-0.2, -0.15) is 18.3 Å². The van der Waals surface area contributed by atoms with Crippen LogP contribution in [0.4, 0.5) is 18.9 Å². The molecule has 3 rings (SSSR count). The summed E-state index contributed by atoms with van der Waals surface area (Å²) in [5, 5.41) is 14.4. The lowest BCUT2D eigenvalue weighted by Crippen LogP contribution is -2.24. The van der Waals surface area contributed by atoms with Gasteiger partial charge in [-0.15, -0.1) is 0 Å². The molecule has 1 heterocycles. The number of halogens is 4. The number of furan rings is 1. The van der Waals surface area contributed by atoms with Gasteiger partial charge in [0.05, 0.1) is 21.2 Å². The average Bonchev–Trinajstić information content (AvgIpc) is 3.21. The molecule has 1 amide bonds. The van der Waals surface area contributed by atoms with E-state index in [2.05, 4.69) is 26.5 Å². The van der Waals surface area contributed by atoms with Crippen molar-refractivity contribution in [3.8, 4) is 17.1 Å². The lowest BCUT2D eigenvalue weighted by atomic mass is 10.1. The highest BCUT2D eigenvalue weighted by Gasteiger charge is 2.30. The summed E-state index contributed by atoms with van der Waals surface area (Å²) in [6.45, 7) is -0.415. The Balaban J connectivity index is 1.55. The Labute approximate surface area is 187 Å². The molecule has 0 aliphatic carbocycles. The summed E-state index contributed by atoms with van der Waals surface area (Å²) in [6, 6.07) is 11.5. The number of carbonyl (C=O) groups excluding carboxylic acids is 1. The SMILES string of the molecule is O=C(COc1ccc([N+](=O)[O-])cc1Br)NN=Cc1ccc(-c2cccc(C(F)(F)F)c2)o1. The number of nitrogens with zero attached hydrogens (tertiary/aromatic N) is 2. The second-order valence-electron chi connectivity index (χ2n) is 6.23. The topological polar surface area (TPSA) is 107 Å². The van der Waals surface area contributed by atoms with E-state index >= 15 is 0 Å². The van der Waals surface area contributed by atoms with Crippen molar-refractivity contribution in [1.29, 1.82) is 0 Å². The molecule has 0 aliphatic rings. The van der Waals surface area contributed by atoms with Crippen LogP contribution in [0, 0.1) is 10.1 Å². The number of carbonyl (C=O) groups is 1. The molecule has 12 heteroatoms. The Hall–Kier alpha value is -3.67. The molecule has 0 spiro atoms. The fourth-order valence-corrected chi connectivity index (χ4v) is 2.97. The number of nitrogens with one attached hydrogen (secondary N) is 1. The molecule has 0 fully saturated rings. The summed E-state index contributed by atoms with van der Waals surface area (Å²) < 4.78 is 49.5. The first-order valence-corrected chi connectivity index (χ1v) is 9.59. The maximum Gasteiger partial charge on any atom is 0.416 e. The second-order valence-corrected chi connectivity index (χ2v) is 7.09.